The van der Waals surface area contributed by atoms with Gasteiger partial charge in [-0.15, -0.1) is 0 Å². The third kappa shape index (κ3) is 3.34. The van der Waals surface area contributed by atoms with Crippen LogP contribution in [0.2, 0.25) is 0 Å². The average molecular weight is 245 g/mol. The predicted molar refractivity (Wildman–Crippen MR) is 71.9 cm³/mol. The normalized spacial score (nSPS) is 10.6. The molecule has 2 rings (SSSR count). The van der Waals surface area contributed by atoms with Gasteiger partial charge >= 0.3 is 0 Å². The number of aromatic nitrogens is 2. The Bertz CT molecular complexity index is 479. The summed E-state index contributed by atoms with van der Waals surface area (Å²) in [6.07, 6.45) is 0. The van der Waals surface area contributed by atoms with E-state index in [1.54, 1.807) is 0 Å². The fraction of sp³-hybridized carbons (Fsp3) is 0.357. The highest BCUT2D eigenvalue weighted by Crippen LogP contribution is 2.15. The van der Waals surface area contributed by atoms with Crippen molar-refractivity contribution >= 4 is 0 Å². The summed E-state index contributed by atoms with van der Waals surface area (Å²) in [4.78, 5) is 0. The molecule has 96 valence electrons. The van der Waals surface area contributed by atoms with Crippen molar-refractivity contribution in [3.63, 3.8) is 0 Å². The minimum Gasteiger partial charge on any atom is -0.476 e. The van der Waals surface area contributed by atoms with E-state index in [0.29, 0.717) is 6.61 Å². The monoisotopic (exact) mass is 245 g/mol. The van der Waals surface area contributed by atoms with Crippen molar-refractivity contribution in [2.45, 2.75) is 13.5 Å². The van der Waals surface area contributed by atoms with E-state index in [1.165, 1.54) is 5.56 Å². The van der Waals surface area contributed by atoms with E-state index in [4.69, 9.17) is 4.74 Å². The zero-order chi connectivity index (χ0) is 12.8. The standard InChI is InChI=1S/C14H19N3O/c1-12-10-14(18-9-8-15-2)17(16-12)11-13-6-4-3-5-7-13/h3-7,10,15H,8-9,11H2,1-2H3. The summed E-state index contributed by atoms with van der Waals surface area (Å²) in [7, 11) is 1.91. The van der Waals surface area contributed by atoms with Crippen molar-refractivity contribution in [2.24, 2.45) is 0 Å². The van der Waals surface area contributed by atoms with Gasteiger partial charge in [0.25, 0.3) is 0 Å². The third-order valence-corrected chi connectivity index (χ3v) is 2.64. The van der Waals surface area contributed by atoms with Crippen molar-refractivity contribution < 1.29 is 4.74 Å². The van der Waals surface area contributed by atoms with Gasteiger partial charge in [-0.2, -0.15) is 5.10 Å². The Balaban J connectivity index is 2.07. The molecular weight excluding hydrogens is 226 g/mol. The van der Waals surface area contributed by atoms with Gasteiger partial charge in [-0.1, -0.05) is 30.3 Å². The van der Waals surface area contributed by atoms with Gasteiger partial charge < -0.3 is 10.1 Å². The molecule has 0 fully saturated rings. The van der Waals surface area contributed by atoms with E-state index in [1.807, 2.05) is 42.9 Å². The Morgan fingerprint density at radius 3 is 2.78 bits per heavy atom. The summed E-state index contributed by atoms with van der Waals surface area (Å²) in [6.45, 7) is 4.20. The summed E-state index contributed by atoms with van der Waals surface area (Å²) < 4.78 is 7.61. The van der Waals surface area contributed by atoms with Gasteiger partial charge in [-0.3, -0.25) is 0 Å². The molecule has 0 aliphatic heterocycles. The van der Waals surface area contributed by atoms with Gasteiger partial charge in [0.05, 0.1) is 12.2 Å². The highest BCUT2D eigenvalue weighted by molar-refractivity contribution is 5.20. The second kappa shape index (κ2) is 6.21. The van der Waals surface area contributed by atoms with Crippen LogP contribution in [-0.2, 0) is 6.54 Å². The first-order valence-electron chi connectivity index (χ1n) is 6.15. The van der Waals surface area contributed by atoms with Crippen molar-refractivity contribution in [3.8, 4) is 5.88 Å². The summed E-state index contributed by atoms with van der Waals surface area (Å²) in [5.41, 5.74) is 2.20. The number of nitrogens with zero attached hydrogens (tertiary/aromatic N) is 2. The lowest BCUT2D eigenvalue weighted by molar-refractivity contribution is 0.288. The number of nitrogens with one attached hydrogen (secondary N) is 1. The zero-order valence-electron chi connectivity index (χ0n) is 10.9. The Morgan fingerprint density at radius 2 is 2.06 bits per heavy atom. The highest BCUT2D eigenvalue weighted by atomic mass is 16.5. The second-order valence-corrected chi connectivity index (χ2v) is 4.22. The molecule has 0 spiro atoms. The summed E-state index contributed by atoms with van der Waals surface area (Å²) in [5, 5.41) is 7.52. The summed E-state index contributed by atoms with van der Waals surface area (Å²) in [5.74, 6) is 0.826. The van der Waals surface area contributed by atoms with E-state index in [0.717, 1.165) is 24.7 Å². The lowest BCUT2D eigenvalue weighted by atomic mass is 10.2. The largest absolute Gasteiger partial charge is 0.476 e. The second-order valence-electron chi connectivity index (χ2n) is 4.22. The molecule has 1 N–H and O–H groups in total. The first-order chi connectivity index (χ1) is 8.79. The quantitative estimate of drug-likeness (QED) is 0.789. The Morgan fingerprint density at radius 1 is 1.28 bits per heavy atom. The van der Waals surface area contributed by atoms with Crippen LogP contribution in [-0.4, -0.2) is 30.0 Å². The van der Waals surface area contributed by atoms with Gasteiger partial charge in [0.15, 0.2) is 0 Å². The number of hydrogen-bond donors (Lipinski definition) is 1. The number of ether oxygens (including phenoxy) is 1. The Hall–Kier alpha value is -1.81. The molecule has 18 heavy (non-hydrogen) atoms. The molecule has 0 saturated heterocycles. The molecule has 1 heterocycles. The van der Waals surface area contributed by atoms with Crippen molar-refractivity contribution in [1.82, 2.24) is 15.1 Å². The van der Waals surface area contributed by atoms with Crippen LogP contribution in [0.15, 0.2) is 36.4 Å². The molecule has 0 saturated carbocycles. The molecule has 0 unspecified atom stereocenters. The molecule has 1 aromatic carbocycles. The van der Waals surface area contributed by atoms with Gasteiger partial charge in [0.1, 0.15) is 6.61 Å². The Kier molecular flexibility index (Phi) is 4.36. The first-order valence-corrected chi connectivity index (χ1v) is 6.15. The molecule has 4 nitrogen and oxygen atoms in total. The third-order valence-electron chi connectivity index (χ3n) is 2.64. The minimum absolute atomic E-state index is 0.649. The van der Waals surface area contributed by atoms with Crippen molar-refractivity contribution in [1.29, 1.82) is 0 Å². The maximum Gasteiger partial charge on any atom is 0.212 e. The highest BCUT2D eigenvalue weighted by Gasteiger charge is 2.06. The fourth-order valence-electron chi connectivity index (χ4n) is 1.77. The lowest BCUT2D eigenvalue weighted by Gasteiger charge is -2.09. The van der Waals surface area contributed by atoms with E-state index < -0.39 is 0 Å². The summed E-state index contributed by atoms with van der Waals surface area (Å²) >= 11 is 0. The molecule has 0 aliphatic rings. The van der Waals surface area contributed by atoms with Gasteiger partial charge in [-0.25, -0.2) is 4.68 Å². The average Bonchev–Trinajstić information content (AvgIpc) is 2.71. The maximum absolute atomic E-state index is 5.71. The van der Waals surface area contributed by atoms with E-state index in [2.05, 4.69) is 22.5 Å². The van der Waals surface area contributed by atoms with E-state index in [-0.39, 0.29) is 0 Å². The number of likely N-dealkylation sites (N-methyl/N-ethyl adjacent to an activating group) is 1. The molecule has 2 aromatic rings. The topological polar surface area (TPSA) is 39.1 Å². The van der Waals surface area contributed by atoms with Crippen LogP contribution >= 0.6 is 0 Å². The molecule has 0 aliphatic carbocycles. The SMILES string of the molecule is CNCCOc1cc(C)nn1Cc1ccccc1. The van der Waals surface area contributed by atoms with E-state index >= 15 is 0 Å². The fourth-order valence-corrected chi connectivity index (χ4v) is 1.77. The van der Waals surface area contributed by atoms with Crippen LogP contribution in [0.4, 0.5) is 0 Å². The molecular formula is C14H19N3O. The van der Waals surface area contributed by atoms with Crippen LogP contribution < -0.4 is 10.1 Å². The molecule has 0 atom stereocenters. The van der Waals surface area contributed by atoms with Gasteiger partial charge in [0, 0.05) is 12.6 Å². The molecule has 0 bridgehead atoms. The smallest absolute Gasteiger partial charge is 0.212 e. The number of benzene rings is 1. The lowest BCUT2D eigenvalue weighted by Crippen LogP contribution is -2.17. The molecule has 0 amide bonds. The molecule has 4 heteroatoms. The van der Waals surface area contributed by atoms with Gasteiger partial charge in [0.2, 0.25) is 5.88 Å². The van der Waals surface area contributed by atoms with Crippen LogP contribution in [0.5, 0.6) is 5.88 Å². The van der Waals surface area contributed by atoms with Crippen LogP contribution in [0, 0.1) is 6.92 Å². The minimum atomic E-state index is 0.649. The predicted octanol–water partition coefficient (Wildman–Crippen LogP) is 1.84. The van der Waals surface area contributed by atoms with Crippen molar-refractivity contribution in [3.05, 3.63) is 47.7 Å². The Labute approximate surface area is 108 Å². The number of aryl methyl sites for hydroxylation is 1. The van der Waals surface area contributed by atoms with Crippen LogP contribution in [0.25, 0.3) is 0 Å². The van der Waals surface area contributed by atoms with Crippen LogP contribution in [0.3, 0.4) is 0 Å². The van der Waals surface area contributed by atoms with Crippen LogP contribution in [0.1, 0.15) is 11.3 Å². The first kappa shape index (κ1) is 12.6. The summed E-state index contributed by atoms with van der Waals surface area (Å²) in [6, 6.07) is 12.2. The maximum atomic E-state index is 5.71. The number of hydrogen-bond acceptors (Lipinski definition) is 3. The molecule has 1 aromatic heterocycles. The van der Waals surface area contributed by atoms with E-state index in [9.17, 15) is 0 Å². The molecule has 0 radical (unpaired) electrons. The van der Waals surface area contributed by atoms with Crippen molar-refractivity contribution in [2.75, 3.05) is 20.2 Å². The van der Waals surface area contributed by atoms with Gasteiger partial charge in [-0.05, 0) is 19.5 Å². The number of rotatable bonds is 6. The zero-order valence-corrected chi connectivity index (χ0v) is 10.9.